The fraction of sp³-hybridized carbons (Fsp3) is 0.379. The van der Waals surface area contributed by atoms with Crippen molar-refractivity contribution in [2.45, 2.75) is 6.92 Å². The molecule has 1 saturated heterocycles. The zero-order valence-corrected chi connectivity index (χ0v) is 23.1. The number of allylic oxidation sites excluding steroid dienone is 1. The second-order valence-electron chi connectivity index (χ2n) is 8.89. The number of carbonyl (C=O) groups is 2. The van der Waals surface area contributed by atoms with Crippen LogP contribution in [0.5, 0.6) is 23.0 Å². The quantitative estimate of drug-likeness (QED) is 0.280. The number of nitrogens with zero attached hydrogens (tertiary/aromatic N) is 2. The van der Waals surface area contributed by atoms with Crippen molar-refractivity contribution in [3.8, 4) is 23.0 Å². The zero-order chi connectivity index (χ0) is 27.8. The monoisotopic (exact) mass is 524 g/mol. The van der Waals surface area contributed by atoms with Crippen molar-refractivity contribution in [1.82, 2.24) is 9.80 Å². The molecule has 1 aliphatic rings. The molecule has 204 valence electrons. The first-order chi connectivity index (χ1) is 18.2. The summed E-state index contributed by atoms with van der Waals surface area (Å²) >= 11 is 0. The lowest BCUT2D eigenvalue weighted by molar-refractivity contribution is -0.137. The van der Waals surface area contributed by atoms with Crippen molar-refractivity contribution in [2.75, 3.05) is 68.8 Å². The molecule has 1 fully saturated rings. The second kappa shape index (κ2) is 13.0. The normalized spacial score (nSPS) is 14.9. The number of hydrogen-bond acceptors (Lipinski definition) is 8. The maximum absolute atomic E-state index is 14.0. The molecule has 0 aromatic heterocycles. The molecule has 0 saturated carbocycles. The molecule has 38 heavy (non-hydrogen) atoms. The number of methoxy groups -OCH3 is 5. The number of carbonyl (C=O) groups excluding carboxylic acids is 2. The van der Waals surface area contributed by atoms with Gasteiger partial charge in [-0.25, -0.2) is 4.79 Å². The molecule has 1 amide bonds. The lowest BCUT2D eigenvalue weighted by Crippen LogP contribution is -2.48. The Hall–Kier alpha value is -3.98. The van der Waals surface area contributed by atoms with Crippen LogP contribution in [0.2, 0.25) is 0 Å². The molecular formula is C29H36N2O7. The molecule has 0 aliphatic carbocycles. The molecule has 0 bridgehead atoms. The maximum atomic E-state index is 14.0. The fourth-order valence-corrected chi connectivity index (χ4v) is 4.24. The SMILES string of the molecule is COC(=O)C(C(=Cc1cc(OC)cc(OC)c1)C(=O)N1CCN(C)CC1)=C(C)c1cc(OC)cc(OC)c1. The molecule has 0 atom stereocenters. The Bertz CT molecular complexity index is 1180. The van der Waals surface area contributed by atoms with E-state index in [1.807, 2.05) is 7.05 Å². The van der Waals surface area contributed by atoms with Crippen LogP contribution in [0.3, 0.4) is 0 Å². The molecule has 0 radical (unpaired) electrons. The highest BCUT2D eigenvalue weighted by Gasteiger charge is 2.30. The Balaban J connectivity index is 2.29. The summed E-state index contributed by atoms with van der Waals surface area (Å²) in [6.45, 7) is 4.31. The third-order valence-corrected chi connectivity index (χ3v) is 6.52. The summed E-state index contributed by atoms with van der Waals surface area (Å²) in [5, 5.41) is 0. The largest absolute Gasteiger partial charge is 0.497 e. The van der Waals surface area contributed by atoms with E-state index in [4.69, 9.17) is 23.7 Å². The fourth-order valence-electron chi connectivity index (χ4n) is 4.24. The number of amides is 1. The van der Waals surface area contributed by atoms with E-state index in [1.54, 1.807) is 82.7 Å². The Kier molecular flexibility index (Phi) is 9.78. The summed E-state index contributed by atoms with van der Waals surface area (Å²) in [7, 11) is 9.53. The first kappa shape index (κ1) is 28.6. The van der Waals surface area contributed by atoms with Crippen LogP contribution in [0.25, 0.3) is 11.6 Å². The molecular weight excluding hydrogens is 488 g/mol. The van der Waals surface area contributed by atoms with Crippen LogP contribution < -0.4 is 18.9 Å². The maximum Gasteiger partial charge on any atom is 0.338 e. The number of esters is 1. The molecule has 2 aromatic rings. The average Bonchev–Trinajstić information content (AvgIpc) is 2.95. The van der Waals surface area contributed by atoms with Crippen LogP contribution in [-0.4, -0.2) is 90.5 Å². The van der Waals surface area contributed by atoms with Crippen LogP contribution in [0.15, 0.2) is 47.5 Å². The van der Waals surface area contributed by atoms with Gasteiger partial charge in [0.2, 0.25) is 0 Å². The number of benzene rings is 2. The van der Waals surface area contributed by atoms with Crippen LogP contribution in [0.4, 0.5) is 0 Å². The van der Waals surface area contributed by atoms with E-state index >= 15 is 0 Å². The van der Waals surface area contributed by atoms with E-state index in [1.165, 1.54) is 7.11 Å². The van der Waals surface area contributed by atoms with Crippen LogP contribution >= 0.6 is 0 Å². The molecule has 0 unspecified atom stereocenters. The third kappa shape index (κ3) is 6.66. The van der Waals surface area contributed by atoms with Gasteiger partial charge in [-0.2, -0.15) is 0 Å². The first-order valence-electron chi connectivity index (χ1n) is 12.2. The molecule has 0 spiro atoms. The van der Waals surface area contributed by atoms with Gasteiger partial charge in [-0.05, 0) is 61.0 Å². The smallest absolute Gasteiger partial charge is 0.338 e. The summed E-state index contributed by atoms with van der Waals surface area (Å²) in [6, 6.07) is 10.6. The van der Waals surface area contributed by atoms with Crippen molar-refractivity contribution in [3.63, 3.8) is 0 Å². The highest BCUT2D eigenvalue weighted by molar-refractivity contribution is 6.16. The number of ether oxygens (including phenoxy) is 5. The molecule has 1 aliphatic heterocycles. The number of rotatable bonds is 9. The lowest BCUT2D eigenvalue weighted by atomic mass is 9.92. The Morgan fingerprint density at radius 1 is 0.737 bits per heavy atom. The topological polar surface area (TPSA) is 86.8 Å². The number of hydrogen-bond donors (Lipinski definition) is 0. The van der Waals surface area contributed by atoms with E-state index in [0.717, 1.165) is 13.1 Å². The van der Waals surface area contributed by atoms with Gasteiger partial charge in [0.25, 0.3) is 5.91 Å². The molecule has 3 rings (SSSR count). The van der Waals surface area contributed by atoms with E-state index in [0.29, 0.717) is 52.8 Å². The first-order valence-corrected chi connectivity index (χ1v) is 12.2. The molecule has 2 aromatic carbocycles. The van der Waals surface area contributed by atoms with Crippen LogP contribution in [0, 0.1) is 0 Å². The summed E-state index contributed by atoms with van der Waals surface area (Å²) in [6.07, 6.45) is 1.68. The summed E-state index contributed by atoms with van der Waals surface area (Å²) < 4.78 is 26.9. The second-order valence-corrected chi connectivity index (χ2v) is 8.89. The van der Waals surface area contributed by atoms with Gasteiger partial charge in [0.15, 0.2) is 0 Å². The van der Waals surface area contributed by atoms with Gasteiger partial charge >= 0.3 is 5.97 Å². The van der Waals surface area contributed by atoms with E-state index in [9.17, 15) is 9.59 Å². The highest BCUT2D eigenvalue weighted by Crippen LogP contribution is 2.33. The summed E-state index contributed by atoms with van der Waals surface area (Å²) in [5.74, 6) is 1.31. The minimum atomic E-state index is -0.632. The van der Waals surface area contributed by atoms with Crippen molar-refractivity contribution >= 4 is 23.5 Å². The van der Waals surface area contributed by atoms with Gasteiger partial charge in [0.05, 0.1) is 46.7 Å². The van der Waals surface area contributed by atoms with Crippen molar-refractivity contribution in [2.24, 2.45) is 0 Å². The van der Waals surface area contributed by atoms with Crippen LogP contribution in [-0.2, 0) is 14.3 Å². The van der Waals surface area contributed by atoms with Gasteiger partial charge < -0.3 is 33.5 Å². The molecule has 1 heterocycles. The minimum absolute atomic E-state index is 0.147. The molecule has 0 N–H and O–H groups in total. The van der Waals surface area contributed by atoms with E-state index in [-0.39, 0.29) is 17.1 Å². The summed E-state index contributed by atoms with van der Waals surface area (Å²) in [5.41, 5.74) is 2.18. The van der Waals surface area contributed by atoms with Crippen molar-refractivity contribution in [1.29, 1.82) is 0 Å². The van der Waals surface area contributed by atoms with E-state index < -0.39 is 5.97 Å². The molecule has 9 heteroatoms. The average molecular weight is 525 g/mol. The number of likely N-dealkylation sites (N-methyl/N-ethyl adjacent to an activating group) is 1. The van der Waals surface area contributed by atoms with Crippen molar-refractivity contribution < 1.29 is 33.3 Å². The van der Waals surface area contributed by atoms with Gasteiger partial charge in [-0.1, -0.05) is 0 Å². The molecule has 9 nitrogen and oxygen atoms in total. The Labute approximate surface area is 224 Å². The van der Waals surface area contributed by atoms with Gasteiger partial charge in [-0.15, -0.1) is 0 Å². The minimum Gasteiger partial charge on any atom is -0.497 e. The lowest BCUT2D eigenvalue weighted by Gasteiger charge is -2.33. The predicted molar refractivity (Wildman–Crippen MR) is 146 cm³/mol. The Morgan fingerprint density at radius 3 is 1.66 bits per heavy atom. The van der Waals surface area contributed by atoms with Gasteiger partial charge in [0, 0.05) is 38.3 Å². The van der Waals surface area contributed by atoms with Gasteiger partial charge in [0.1, 0.15) is 23.0 Å². The van der Waals surface area contributed by atoms with Crippen molar-refractivity contribution in [3.05, 3.63) is 58.7 Å². The summed E-state index contributed by atoms with van der Waals surface area (Å²) in [4.78, 5) is 31.3. The Morgan fingerprint density at radius 2 is 1.21 bits per heavy atom. The zero-order valence-electron chi connectivity index (χ0n) is 23.1. The highest BCUT2D eigenvalue weighted by atomic mass is 16.5. The predicted octanol–water partition coefficient (Wildman–Crippen LogP) is 3.53. The number of piperazine rings is 1. The van der Waals surface area contributed by atoms with Gasteiger partial charge in [-0.3, -0.25) is 4.79 Å². The van der Waals surface area contributed by atoms with Crippen LogP contribution in [0.1, 0.15) is 18.1 Å². The van der Waals surface area contributed by atoms with E-state index in [2.05, 4.69) is 4.90 Å². The third-order valence-electron chi connectivity index (χ3n) is 6.52. The standard InChI is InChI=1S/C29H36N2O7/c1-19(21-15-24(36-5)18-25(16-21)37-6)27(29(33)38-7)26(28(32)31-10-8-30(2)9-11-31)14-20-12-22(34-3)17-23(13-20)35-4/h12-18H,8-11H2,1-7H3.